The fraction of sp³-hybridized carbons (Fsp3) is 0.261. The van der Waals surface area contributed by atoms with Crippen LogP contribution in [0.15, 0.2) is 65.8 Å². The number of ether oxygens (including phenoxy) is 1. The molecular formula is C23H22FN5O3. The number of benzene rings is 2. The molecule has 1 fully saturated rings. The van der Waals surface area contributed by atoms with Gasteiger partial charge in [0.1, 0.15) is 5.82 Å². The number of aliphatic imine (C=N–C) groups is 1. The Bertz CT molecular complexity index is 1140. The van der Waals surface area contributed by atoms with E-state index >= 15 is 0 Å². The smallest absolute Gasteiger partial charge is 0.328 e. The molecule has 8 nitrogen and oxygen atoms in total. The Balaban J connectivity index is 1.61. The highest BCUT2D eigenvalue weighted by Gasteiger charge is 2.55. The molecule has 0 bridgehead atoms. The summed E-state index contributed by atoms with van der Waals surface area (Å²) in [5.74, 6) is -0.357. The van der Waals surface area contributed by atoms with Crippen molar-refractivity contribution >= 4 is 29.3 Å². The third kappa shape index (κ3) is 2.96. The van der Waals surface area contributed by atoms with Crippen molar-refractivity contribution in [2.24, 2.45) is 4.99 Å². The molecule has 2 atom stereocenters. The zero-order chi connectivity index (χ0) is 22.4. The van der Waals surface area contributed by atoms with Gasteiger partial charge < -0.3 is 9.64 Å². The quantitative estimate of drug-likeness (QED) is 0.722. The molecule has 0 aromatic heterocycles. The van der Waals surface area contributed by atoms with Gasteiger partial charge in [-0.1, -0.05) is 42.5 Å². The second-order valence-corrected chi connectivity index (χ2v) is 7.74. The van der Waals surface area contributed by atoms with Crippen LogP contribution in [0.25, 0.3) is 5.70 Å². The van der Waals surface area contributed by atoms with E-state index in [1.807, 2.05) is 30.3 Å². The van der Waals surface area contributed by atoms with Crippen LogP contribution in [0.5, 0.6) is 0 Å². The van der Waals surface area contributed by atoms with Crippen molar-refractivity contribution in [1.82, 2.24) is 14.7 Å². The first kappa shape index (κ1) is 20.2. The number of carbonyl (C=O) groups is 2. The van der Waals surface area contributed by atoms with Crippen molar-refractivity contribution in [3.05, 3.63) is 72.2 Å². The van der Waals surface area contributed by atoms with Gasteiger partial charge in [0.2, 0.25) is 5.96 Å². The predicted octanol–water partition coefficient (Wildman–Crippen LogP) is 2.55. The summed E-state index contributed by atoms with van der Waals surface area (Å²) < 4.78 is 19.9. The molecule has 32 heavy (non-hydrogen) atoms. The summed E-state index contributed by atoms with van der Waals surface area (Å²) in [6, 6.07) is 14.8. The van der Waals surface area contributed by atoms with Gasteiger partial charge in [-0.2, -0.15) is 0 Å². The first-order valence-electron chi connectivity index (χ1n) is 10.3. The van der Waals surface area contributed by atoms with Crippen LogP contribution >= 0.6 is 0 Å². The van der Waals surface area contributed by atoms with Crippen LogP contribution in [0.2, 0.25) is 0 Å². The standard InChI is InChI=1S/C23H22FN5O3/c1-26-20-19(21(30)27(23(26)31)12-13-32-2)28-14-18(15-8-4-3-5-9-15)29(22(28)25-20)17-11-7-6-10-16(17)24/h3-11,14,19-20H,12-13H2,1-2H3. The Morgan fingerprint density at radius 1 is 1.06 bits per heavy atom. The van der Waals surface area contributed by atoms with Crippen LogP contribution in [0.3, 0.4) is 0 Å². The summed E-state index contributed by atoms with van der Waals surface area (Å²) in [6.45, 7) is 0.389. The summed E-state index contributed by atoms with van der Waals surface area (Å²) >= 11 is 0. The van der Waals surface area contributed by atoms with Gasteiger partial charge in [-0.25, -0.2) is 14.2 Å². The molecule has 1 saturated heterocycles. The maximum atomic E-state index is 14.9. The average molecular weight is 435 g/mol. The molecule has 2 aromatic carbocycles. The second-order valence-electron chi connectivity index (χ2n) is 7.74. The predicted molar refractivity (Wildman–Crippen MR) is 117 cm³/mol. The van der Waals surface area contributed by atoms with E-state index in [1.165, 1.54) is 23.0 Å². The lowest BCUT2D eigenvalue weighted by Gasteiger charge is -2.40. The molecule has 3 heterocycles. The number of halogens is 1. The summed E-state index contributed by atoms with van der Waals surface area (Å²) in [4.78, 5) is 36.9. The van der Waals surface area contributed by atoms with E-state index in [0.717, 1.165) is 5.56 Å². The maximum absolute atomic E-state index is 14.9. The zero-order valence-electron chi connectivity index (χ0n) is 17.7. The largest absolute Gasteiger partial charge is 0.383 e. The average Bonchev–Trinajstić information content (AvgIpc) is 3.35. The molecule has 0 N–H and O–H groups in total. The Labute approximate surface area is 184 Å². The van der Waals surface area contributed by atoms with Gasteiger partial charge in [0.15, 0.2) is 12.2 Å². The van der Waals surface area contributed by atoms with Gasteiger partial charge in [-0.3, -0.25) is 19.5 Å². The number of fused-ring (bicyclic) bond motifs is 3. The molecule has 0 aliphatic carbocycles. The molecule has 3 aliphatic rings. The van der Waals surface area contributed by atoms with Gasteiger partial charge in [-0.15, -0.1) is 0 Å². The van der Waals surface area contributed by atoms with Crippen molar-refractivity contribution < 1.29 is 18.7 Å². The number of amides is 3. The number of para-hydroxylation sites is 1. The van der Waals surface area contributed by atoms with Crippen molar-refractivity contribution in [3.63, 3.8) is 0 Å². The molecular weight excluding hydrogens is 413 g/mol. The van der Waals surface area contributed by atoms with Crippen LogP contribution in [-0.2, 0) is 9.53 Å². The van der Waals surface area contributed by atoms with Gasteiger partial charge in [-0.05, 0) is 12.1 Å². The summed E-state index contributed by atoms with van der Waals surface area (Å²) in [5.41, 5.74) is 1.87. The molecule has 0 radical (unpaired) electrons. The molecule has 2 unspecified atom stereocenters. The number of anilines is 1. The van der Waals surface area contributed by atoms with Crippen LogP contribution < -0.4 is 4.90 Å². The molecule has 9 heteroatoms. The lowest BCUT2D eigenvalue weighted by Crippen LogP contribution is -2.64. The Morgan fingerprint density at radius 2 is 1.78 bits per heavy atom. The zero-order valence-corrected chi connectivity index (χ0v) is 17.7. The third-order valence-corrected chi connectivity index (χ3v) is 5.89. The molecule has 0 saturated carbocycles. The highest BCUT2D eigenvalue weighted by Crippen LogP contribution is 2.40. The van der Waals surface area contributed by atoms with Crippen molar-refractivity contribution in [3.8, 4) is 0 Å². The highest BCUT2D eigenvalue weighted by molar-refractivity contribution is 6.16. The lowest BCUT2D eigenvalue weighted by molar-refractivity contribution is -0.137. The fourth-order valence-electron chi connectivity index (χ4n) is 4.31. The summed E-state index contributed by atoms with van der Waals surface area (Å²) in [7, 11) is 3.14. The normalized spacial score (nSPS) is 22.2. The van der Waals surface area contributed by atoms with Crippen LogP contribution in [0, 0.1) is 5.82 Å². The number of hydrogen-bond acceptors (Lipinski definition) is 6. The van der Waals surface area contributed by atoms with E-state index in [1.54, 1.807) is 41.2 Å². The molecule has 5 rings (SSSR count). The monoisotopic (exact) mass is 435 g/mol. The van der Waals surface area contributed by atoms with Gasteiger partial charge >= 0.3 is 6.03 Å². The highest BCUT2D eigenvalue weighted by atomic mass is 19.1. The molecule has 3 aliphatic heterocycles. The number of nitrogens with zero attached hydrogens (tertiary/aromatic N) is 5. The van der Waals surface area contributed by atoms with Gasteiger partial charge in [0.25, 0.3) is 5.91 Å². The number of rotatable bonds is 5. The van der Waals surface area contributed by atoms with Crippen molar-refractivity contribution in [1.29, 1.82) is 0 Å². The minimum Gasteiger partial charge on any atom is -0.383 e. The van der Waals surface area contributed by atoms with E-state index in [0.29, 0.717) is 17.3 Å². The topological polar surface area (TPSA) is 68.7 Å². The van der Waals surface area contributed by atoms with Crippen molar-refractivity contribution in [2.75, 3.05) is 32.2 Å². The number of imide groups is 1. The third-order valence-electron chi connectivity index (χ3n) is 5.89. The summed E-state index contributed by atoms with van der Waals surface area (Å²) in [5, 5.41) is 0. The molecule has 3 amide bonds. The number of methoxy groups -OCH3 is 1. The van der Waals surface area contributed by atoms with E-state index in [2.05, 4.69) is 0 Å². The number of urea groups is 1. The van der Waals surface area contributed by atoms with Crippen LogP contribution in [0.1, 0.15) is 5.56 Å². The lowest BCUT2D eigenvalue weighted by atomic mass is 10.1. The molecule has 2 aromatic rings. The van der Waals surface area contributed by atoms with E-state index in [4.69, 9.17) is 9.73 Å². The Hall–Kier alpha value is -3.72. The number of carbonyl (C=O) groups excluding carboxylic acids is 2. The minimum atomic E-state index is -0.736. The second kappa shape index (κ2) is 7.76. The molecule has 0 spiro atoms. The number of guanidine groups is 1. The van der Waals surface area contributed by atoms with Gasteiger partial charge in [0.05, 0.1) is 24.5 Å². The first-order chi connectivity index (χ1) is 15.5. The molecule has 164 valence electrons. The SMILES string of the molecule is COCCN1C(=O)C2C(N=C3N(c4ccccc4F)C(c4ccccc4)=CN32)N(C)C1=O. The number of hydrogen-bond donors (Lipinski definition) is 0. The van der Waals surface area contributed by atoms with E-state index in [9.17, 15) is 14.0 Å². The number of likely N-dealkylation sites (N-methyl/N-ethyl adjacent to an activating group) is 1. The van der Waals surface area contributed by atoms with Gasteiger partial charge in [0, 0.05) is 25.9 Å². The first-order valence-corrected chi connectivity index (χ1v) is 10.3. The minimum absolute atomic E-state index is 0.150. The maximum Gasteiger partial charge on any atom is 0.328 e. The van der Waals surface area contributed by atoms with E-state index < -0.39 is 24.1 Å². The van der Waals surface area contributed by atoms with Crippen LogP contribution in [-0.4, -0.2) is 72.1 Å². The van der Waals surface area contributed by atoms with Crippen molar-refractivity contribution in [2.45, 2.75) is 12.2 Å². The van der Waals surface area contributed by atoms with Crippen LogP contribution in [0.4, 0.5) is 14.9 Å². The Kier molecular flexibility index (Phi) is 4.90. The fourth-order valence-corrected chi connectivity index (χ4v) is 4.31. The summed E-state index contributed by atoms with van der Waals surface area (Å²) in [6.07, 6.45) is 1.10. The van der Waals surface area contributed by atoms with E-state index in [-0.39, 0.29) is 19.1 Å². The Morgan fingerprint density at radius 3 is 2.50 bits per heavy atom.